The first-order valence-corrected chi connectivity index (χ1v) is 10.6. The number of hydrogen-bond donors (Lipinski definition) is 0. The van der Waals surface area contributed by atoms with Gasteiger partial charge in [-0.1, -0.05) is 50.1 Å². The fourth-order valence-corrected chi connectivity index (χ4v) is 7.87. The van der Waals surface area contributed by atoms with Gasteiger partial charge in [-0.15, -0.1) is 11.4 Å². The van der Waals surface area contributed by atoms with Gasteiger partial charge in [0.25, 0.3) is 0 Å². The van der Waals surface area contributed by atoms with E-state index in [1.54, 1.807) is 0 Å². The molecule has 0 aliphatic carbocycles. The van der Waals surface area contributed by atoms with Crippen molar-refractivity contribution in [3.8, 4) is 0 Å². The molecule has 1 heterocycles. The van der Waals surface area contributed by atoms with E-state index in [0.717, 1.165) is 11.2 Å². The van der Waals surface area contributed by atoms with Crippen LogP contribution in [-0.4, -0.2) is 7.85 Å². The van der Waals surface area contributed by atoms with E-state index in [1.165, 1.54) is 32.1 Å². The van der Waals surface area contributed by atoms with Crippen LogP contribution in [0.15, 0.2) is 60.7 Å². The van der Waals surface area contributed by atoms with Crippen molar-refractivity contribution in [1.29, 1.82) is 0 Å². The average Bonchev–Trinajstić information content (AvgIpc) is 2.90. The van der Waals surface area contributed by atoms with Crippen LogP contribution >= 0.6 is 18.1 Å². The first-order chi connectivity index (χ1) is 11.2. The van der Waals surface area contributed by atoms with Gasteiger partial charge in [-0.3, -0.25) is 0 Å². The van der Waals surface area contributed by atoms with Crippen LogP contribution in [0, 0.1) is 13.0 Å². The summed E-state index contributed by atoms with van der Waals surface area (Å²) < 4.78 is 0. The molecule has 0 amide bonds. The first-order valence-electron chi connectivity index (χ1n) is 7.62. The Hall–Kier alpha value is 0.180. The summed E-state index contributed by atoms with van der Waals surface area (Å²) >= 11 is 2.01. The Morgan fingerprint density at radius 3 is 2.21 bits per heavy atom. The summed E-state index contributed by atoms with van der Waals surface area (Å²) in [7, 11) is 6.10. The number of hydrogen-bond acceptors (Lipinski definition) is 1. The third kappa shape index (κ3) is 3.65. The third-order valence-corrected chi connectivity index (χ3v) is 8.78. The molecule has 0 aliphatic heterocycles. The van der Waals surface area contributed by atoms with Crippen molar-refractivity contribution in [3.63, 3.8) is 0 Å². The van der Waals surface area contributed by atoms with E-state index in [0.29, 0.717) is 0 Å². The summed E-state index contributed by atoms with van der Waals surface area (Å²) in [5, 5.41) is 5.74. The van der Waals surface area contributed by atoms with E-state index in [9.17, 15) is 0 Å². The zero-order valence-electron chi connectivity index (χ0n) is 13.9. The van der Waals surface area contributed by atoms with E-state index in [4.69, 9.17) is 7.85 Å². The Morgan fingerprint density at radius 2 is 1.58 bits per heavy atom. The molecule has 110 valence electrons. The van der Waals surface area contributed by atoms with Gasteiger partial charge in [0.2, 0.25) is 0 Å². The van der Waals surface area contributed by atoms with Crippen LogP contribution in [-0.2, 0) is 5.75 Å². The van der Waals surface area contributed by atoms with Crippen molar-refractivity contribution in [1.82, 2.24) is 0 Å². The quantitative estimate of drug-likeness (QED) is 0.367. The molecule has 24 heavy (non-hydrogen) atoms. The summed E-state index contributed by atoms with van der Waals surface area (Å²) in [6.07, 6.45) is 0. The van der Waals surface area contributed by atoms with E-state index < -0.39 is 0 Å². The summed E-state index contributed by atoms with van der Waals surface area (Å²) in [6, 6.07) is 24.9. The van der Waals surface area contributed by atoms with Gasteiger partial charge in [0.15, 0.2) is 0 Å². The van der Waals surface area contributed by atoms with E-state index in [1.807, 2.05) is 17.4 Å². The molecule has 4 aromatic rings. The second kappa shape index (κ2) is 8.25. The Bertz CT molecular complexity index is 956. The van der Waals surface area contributed by atoms with E-state index in [-0.39, 0.29) is 64.9 Å². The van der Waals surface area contributed by atoms with Crippen LogP contribution in [0.1, 0.15) is 11.1 Å². The second-order valence-corrected chi connectivity index (χ2v) is 9.69. The molecule has 0 atom stereocenters. The van der Waals surface area contributed by atoms with Gasteiger partial charge < -0.3 is 0 Å². The van der Waals surface area contributed by atoms with Crippen molar-refractivity contribution in [2.45, 2.75) is 12.7 Å². The number of rotatable bonds is 3. The average molecular weight is 415 g/mol. The van der Waals surface area contributed by atoms with E-state index in [2.05, 4.69) is 67.6 Å². The zero-order valence-corrected chi connectivity index (χ0v) is 20.5. The van der Waals surface area contributed by atoms with Crippen molar-refractivity contribution < 1.29 is 58.2 Å². The molecule has 0 saturated heterocycles. The SMILES string of the molecule is [B]c1[c-]cc(C)cc1CSp1c2ccccc2c2ccccc21.[Rb+]. The Morgan fingerprint density at radius 1 is 1.00 bits per heavy atom. The van der Waals surface area contributed by atoms with Gasteiger partial charge >= 0.3 is 58.2 Å². The van der Waals surface area contributed by atoms with Crippen LogP contribution in [0.25, 0.3) is 21.0 Å². The normalized spacial score (nSPS) is 10.9. The van der Waals surface area contributed by atoms with Gasteiger partial charge in [-0.25, -0.2) is 5.46 Å². The van der Waals surface area contributed by atoms with Crippen molar-refractivity contribution in [3.05, 3.63) is 77.9 Å². The first kappa shape index (κ1) is 19.0. The molecule has 4 heteroatoms. The molecule has 0 aliphatic rings. The van der Waals surface area contributed by atoms with Crippen LogP contribution in [0.5, 0.6) is 0 Å². The summed E-state index contributed by atoms with van der Waals surface area (Å²) in [5.74, 6) is 0.929. The van der Waals surface area contributed by atoms with E-state index >= 15 is 0 Å². The summed E-state index contributed by atoms with van der Waals surface area (Å²) in [4.78, 5) is 0. The minimum Gasteiger partial charge on any atom is -0.202 e. The van der Waals surface area contributed by atoms with Crippen LogP contribution in [0.4, 0.5) is 0 Å². The Kier molecular flexibility index (Phi) is 6.52. The number of fused-ring (bicyclic) bond motifs is 3. The minimum atomic E-state index is -0.375. The van der Waals surface area contributed by atoms with Crippen molar-refractivity contribution in [2.24, 2.45) is 0 Å². The maximum Gasteiger partial charge on any atom is 1.00 e. The summed E-state index contributed by atoms with van der Waals surface area (Å²) in [5.41, 5.74) is 3.19. The van der Waals surface area contributed by atoms with Gasteiger partial charge in [0.05, 0.1) is 7.85 Å². The molecular formula is C20H15BPRbS. The van der Waals surface area contributed by atoms with Gasteiger partial charge in [0.1, 0.15) is 0 Å². The van der Waals surface area contributed by atoms with Crippen LogP contribution in [0.3, 0.4) is 0 Å². The number of aryl methyl sites for hydroxylation is 1. The molecule has 0 saturated carbocycles. The molecule has 0 spiro atoms. The Labute approximate surface area is 198 Å². The second-order valence-electron chi connectivity index (χ2n) is 5.72. The minimum absolute atomic E-state index is 0. The molecular weight excluding hydrogens is 400 g/mol. The third-order valence-electron chi connectivity index (χ3n) is 4.09. The Balaban J connectivity index is 0.00000169. The largest absolute Gasteiger partial charge is 1.00 e. The zero-order chi connectivity index (χ0) is 15.8. The predicted molar refractivity (Wildman–Crippen MR) is 106 cm³/mol. The molecule has 3 aromatic carbocycles. The van der Waals surface area contributed by atoms with Crippen LogP contribution in [0.2, 0.25) is 0 Å². The van der Waals surface area contributed by atoms with Crippen LogP contribution < -0.4 is 63.7 Å². The molecule has 0 N–H and O–H groups in total. The smallest absolute Gasteiger partial charge is 0.202 e. The maximum absolute atomic E-state index is 6.10. The molecule has 2 radical (unpaired) electrons. The fraction of sp³-hybridized carbons (Fsp3) is 0.100. The maximum atomic E-state index is 6.10. The molecule has 4 rings (SSSR count). The standard InChI is InChI=1S/C20H15BPS.Rb/c1-14-10-11-18(21)15(12-14)13-23-22-19-8-4-2-6-16(19)17-7-3-5-9-20(17)22;/h2-10,12H,13H2,1H3;/q-1;+1. The molecule has 0 unspecified atom stereocenters. The van der Waals surface area contributed by atoms with Gasteiger partial charge in [-0.05, 0) is 28.7 Å². The fourth-order valence-electron chi connectivity index (χ4n) is 2.96. The summed E-state index contributed by atoms with van der Waals surface area (Å²) in [6.45, 7) is 1.72. The topological polar surface area (TPSA) is 0 Å². The molecule has 0 bridgehead atoms. The van der Waals surface area contributed by atoms with Gasteiger partial charge in [-0.2, -0.15) is 29.3 Å². The van der Waals surface area contributed by atoms with Crippen molar-refractivity contribution in [2.75, 3.05) is 0 Å². The monoisotopic (exact) mass is 414 g/mol. The predicted octanol–water partition coefficient (Wildman–Crippen LogP) is 2.58. The molecule has 0 nitrogen and oxygen atoms in total. The van der Waals surface area contributed by atoms with Crippen molar-refractivity contribution >= 4 is 52.4 Å². The molecule has 0 fully saturated rings. The van der Waals surface area contributed by atoms with Gasteiger partial charge in [0, 0.05) is 10.2 Å². The molecule has 1 aromatic heterocycles. The number of benzene rings is 3.